The van der Waals surface area contributed by atoms with Gasteiger partial charge in [0.05, 0.1) is 11.4 Å². The van der Waals surface area contributed by atoms with E-state index in [1.807, 2.05) is 61.5 Å². The van der Waals surface area contributed by atoms with E-state index in [1.165, 1.54) is 23.1 Å². The minimum absolute atomic E-state index is 0.0195. The zero-order chi connectivity index (χ0) is 27.2. The number of amidine groups is 2. The van der Waals surface area contributed by atoms with Crippen molar-refractivity contribution in [3.05, 3.63) is 65.7 Å². The quantitative estimate of drug-likeness (QED) is 0.496. The van der Waals surface area contributed by atoms with Gasteiger partial charge in [-0.15, -0.1) is 0 Å². The lowest BCUT2D eigenvalue weighted by Crippen LogP contribution is -2.42. The second kappa shape index (κ2) is 12.6. The van der Waals surface area contributed by atoms with E-state index in [0.717, 1.165) is 42.5 Å². The largest absolute Gasteiger partial charge is 0.353 e. The van der Waals surface area contributed by atoms with E-state index < -0.39 is 6.04 Å². The number of hydrogen-bond donors (Lipinski definition) is 1. The number of nitrogens with zero attached hydrogens (tertiary/aromatic N) is 4. The number of benzene rings is 2. The van der Waals surface area contributed by atoms with Crippen LogP contribution in [0.3, 0.4) is 0 Å². The van der Waals surface area contributed by atoms with Gasteiger partial charge in [-0.3, -0.25) is 19.4 Å². The van der Waals surface area contributed by atoms with Gasteiger partial charge in [0.25, 0.3) is 5.91 Å². The van der Waals surface area contributed by atoms with Crippen LogP contribution in [0.1, 0.15) is 63.0 Å². The summed E-state index contributed by atoms with van der Waals surface area (Å²) in [7, 11) is 0. The zero-order valence-corrected chi connectivity index (χ0v) is 23.2. The first-order valence-electron chi connectivity index (χ1n) is 13.9. The fourth-order valence-electron chi connectivity index (χ4n) is 5.30. The summed E-state index contributed by atoms with van der Waals surface area (Å²) in [5.74, 6) is 0.476. The van der Waals surface area contributed by atoms with Crippen molar-refractivity contribution < 1.29 is 14.4 Å². The van der Waals surface area contributed by atoms with Crippen LogP contribution in [-0.4, -0.2) is 62.9 Å². The Bertz CT molecular complexity index is 1270. The number of hydrogen-bond acceptors (Lipinski definition) is 6. The molecule has 1 N–H and O–H groups in total. The van der Waals surface area contributed by atoms with Gasteiger partial charge in [0.15, 0.2) is 5.17 Å². The second-order valence-electron chi connectivity index (χ2n) is 10.2. The van der Waals surface area contributed by atoms with Crippen molar-refractivity contribution in [2.45, 2.75) is 70.5 Å². The summed E-state index contributed by atoms with van der Waals surface area (Å²) >= 11 is 1.26. The molecule has 0 bridgehead atoms. The summed E-state index contributed by atoms with van der Waals surface area (Å²) in [6.07, 6.45) is 6.18. The molecule has 0 aromatic heterocycles. The molecule has 1 fully saturated rings. The number of carbonyl (C=O) groups is 3. The lowest BCUT2D eigenvalue weighted by Gasteiger charge is -2.26. The van der Waals surface area contributed by atoms with E-state index in [9.17, 15) is 14.4 Å². The van der Waals surface area contributed by atoms with Crippen molar-refractivity contribution in [3.63, 3.8) is 0 Å². The minimum Gasteiger partial charge on any atom is -0.353 e. The standard InChI is InChI=1S/C30H35N5O3S/c1-2-34(19-21-11-5-3-6-12-21)27(37)20-39-30-33-24-16-10-9-15-23(24)28-32-25(29(38)35(28)30)17-18-26(36)31-22-13-7-4-8-14-22/h3,5-6,9-12,15-16,22,25H,2,4,7-8,13-14,17-20H2,1H3,(H,31,36). The van der Waals surface area contributed by atoms with Crippen molar-refractivity contribution in [2.75, 3.05) is 12.3 Å². The Kier molecular flexibility index (Phi) is 8.76. The highest BCUT2D eigenvalue weighted by Gasteiger charge is 2.41. The molecule has 2 heterocycles. The van der Waals surface area contributed by atoms with E-state index in [-0.39, 0.29) is 35.9 Å². The maximum Gasteiger partial charge on any atom is 0.259 e. The molecule has 9 heteroatoms. The van der Waals surface area contributed by atoms with Crippen molar-refractivity contribution in [2.24, 2.45) is 9.98 Å². The first kappa shape index (κ1) is 27.1. The molecule has 39 heavy (non-hydrogen) atoms. The SMILES string of the molecule is CCN(Cc1ccccc1)C(=O)CSC1=Nc2ccccc2C2=NC(CCC(=O)NC3CCCCC3)C(=O)N12. The molecular weight excluding hydrogens is 510 g/mol. The highest BCUT2D eigenvalue weighted by atomic mass is 32.2. The van der Waals surface area contributed by atoms with Crippen LogP contribution in [0, 0.1) is 0 Å². The molecule has 3 aliphatic rings. The summed E-state index contributed by atoms with van der Waals surface area (Å²) in [5.41, 5.74) is 2.58. The third-order valence-corrected chi connectivity index (χ3v) is 8.36. The highest BCUT2D eigenvalue weighted by Crippen LogP contribution is 2.34. The normalized spacial score (nSPS) is 18.6. The first-order valence-corrected chi connectivity index (χ1v) is 14.9. The summed E-state index contributed by atoms with van der Waals surface area (Å²) in [5, 5.41) is 3.58. The average molecular weight is 546 g/mol. The summed E-state index contributed by atoms with van der Waals surface area (Å²) in [6, 6.07) is 17.1. The van der Waals surface area contributed by atoms with E-state index >= 15 is 0 Å². The fourth-order valence-corrected chi connectivity index (χ4v) is 6.20. The molecule has 1 unspecified atom stereocenters. The lowest BCUT2D eigenvalue weighted by atomic mass is 9.95. The van der Waals surface area contributed by atoms with Gasteiger partial charge in [-0.1, -0.05) is 73.5 Å². The Hall–Kier alpha value is -3.46. The maximum absolute atomic E-state index is 13.5. The van der Waals surface area contributed by atoms with Gasteiger partial charge < -0.3 is 10.2 Å². The molecule has 8 nitrogen and oxygen atoms in total. The molecule has 2 aliphatic heterocycles. The van der Waals surface area contributed by atoms with E-state index in [0.29, 0.717) is 30.5 Å². The molecule has 1 saturated carbocycles. The fraction of sp³-hybridized carbons (Fsp3) is 0.433. The Morgan fingerprint density at radius 2 is 1.79 bits per heavy atom. The summed E-state index contributed by atoms with van der Waals surface area (Å²) < 4.78 is 0. The molecule has 1 atom stereocenters. The predicted octanol–water partition coefficient (Wildman–Crippen LogP) is 4.66. The number of aliphatic imine (C=N–C) groups is 2. The van der Waals surface area contributed by atoms with Crippen molar-refractivity contribution >= 4 is 46.2 Å². The van der Waals surface area contributed by atoms with Crippen LogP contribution in [0.5, 0.6) is 0 Å². The highest BCUT2D eigenvalue weighted by molar-refractivity contribution is 8.14. The number of rotatable bonds is 9. The Morgan fingerprint density at radius 3 is 2.56 bits per heavy atom. The van der Waals surface area contributed by atoms with Crippen LogP contribution in [0.15, 0.2) is 64.6 Å². The van der Waals surface area contributed by atoms with Gasteiger partial charge in [-0.05, 0) is 43.9 Å². The number of para-hydroxylation sites is 1. The number of thioether (sulfide) groups is 1. The first-order chi connectivity index (χ1) is 19.0. The molecule has 2 aromatic rings. The number of amides is 3. The van der Waals surface area contributed by atoms with Gasteiger partial charge >= 0.3 is 0 Å². The number of fused-ring (bicyclic) bond motifs is 3. The van der Waals surface area contributed by atoms with Crippen LogP contribution >= 0.6 is 11.8 Å². The lowest BCUT2D eigenvalue weighted by molar-refractivity contribution is -0.129. The van der Waals surface area contributed by atoms with Crippen LogP contribution in [0.2, 0.25) is 0 Å². The Labute approximate surface area is 234 Å². The van der Waals surface area contributed by atoms with Gasteiger partial charge in [0, 0.05) is 31.1 Å². The molecule has 0 spiro atoms. The maximum atomic E-state index is 13.5. The molecule has 0 saturated heterocycles. The van der Waals surface area contributed by atoms with Gasteiger partial charge in [-0.2, -0.15) is 0 Å². The minimum atomic E-state index is -0.644. The van der Waals surface area contributed by atoms with Crippen molar-refractivity contribution in [3.8, 4) is 0 Å². The summed E-state index contributed by atoms with van der Waals surface area (Å²) in [6.45, 7) is 3.08. The monoisotopic (exact) mass is 545 g/mol. The Balaban J connectivity index is 1.25. The molecule has 5 rings (SSSR count). The van der Waals surface area contributed by atoms with Crippen LogP contribution < -0.4 is 5.32 Å². The van der Waals surface area contributed by atoms with Crippen molar-refractivity contribution in [1.82, 2.24) is 15.1 Å². The van der Waals surface area contributed by atoms with Crippen LogP contribution in [0.25, 0.3) is 0 Å². The van der Waals surface area contributed by atoms with Crippen LogP contribution in [0.4, 0.5) is 5.69 Å². The number of nitrogens with one attached hydrogen (secondary N) is 1. The Morgan fingerprint density at radius 1 is 1.05 bits per heavy atom. The molecule has 2 aromatic carbocycles. The smallest absolute Gasteiger partial charge is 0.259 e. The van der Waals surface area contributed by atoms with E-state index in [2.05, 4.69) is 5.32 Å². The molecule has 3 amide bonds. The average Bonchev–Trinajstić information content (AvgIpc) is 3.31. The zero-order valence-electron chi connectivity index (χ0n) is 22.3. The van der Waals surface area contributed by atoms with Gasteiger partial charge in [-0.25, -0.2) is 9.89 Å². The van der Waals surface area contributed by atoms with E-state index in [1.54, 1.807) is 4.90 Å². The molecular formula is C30H35N5O3S. The molecule has 1 aliphatic carbocycles. The topological polar surface area (TPSA) is 94.4 Å². The number of carbonyl (C=O) groups excluding carboxylic acids is 3. The van der Waals surface area contributed by atoms with Crippen LogP contribution in [-0.2, 0) is 20.9 Å². The third kappa shape index (κ3) is 6.41. The third-order valence-electron chi connectivity index (χ3n) is 7.44. The second-order valence-corrected chi connectivity index (χ2v) is 11.1. The molecule has 204 valence electrons. The van der Waals surface area contributed by atoms with E-state index in [4.69, 9.17) is 9.98 Å². The summed E-state index contributed by atoms with van der Waals surface area (Å²) in [4.78, 5) is 52.1. The molecule has 0 radical (unpaired) electrons. The van der Waals surface area contributed by atoms with Crippen molar-refractivity contribution in [1.29, 1.82) is 0 Å². The van der Waals surface area contributed by atoms with Gasteiger partial charge in [0.1, 0.15) is 11.9 Å². The van der Waals surface area contributed by atoms with Gasteiger partial charge in [0.2, 0.25) is 11.8 Å². The predicted molar refractivity (Wildman–Crippen MR) is 155 cm³/mol.